The van der Waals surface area contributed by atoms with Crippen molar-refractivity contribution in [2.75, 3.05) is 19.7 Å². The number of amides is 2. The van der Waals surface area contributed by atoms with E-state index < -0.39 is 0 Å². The van der Waals surface area contributed by atoms with Crippen molar-refractivity contribution >= 4 is 12.1 Å². The first-order valence-electron chi connectivity index (χ1n) is 8.65. The summed E-state index contributed by atoms with van der Waals surface area (Å²) < 4.78 is 5.68. The molecule has 0 radical (unpaired) electrons. The van der Waals surface area contributed by atoms with E-state index >= 15 is 0 Å². The van der Waals surface area contributed by atoms with Crippen LogP contribution < -0.4 is 5.32 Å². The number of hydrogen-bond donors (Lipinski definition) is 2. The third-order valence-electron chi connectivity index (χ3n) is 4.13. The molecule has 1 aromatic carbocycles. The molecule has 0 bridgehead atoms. The fraction of sp³-hybridized carbons (Fsp3) is 0.368. The highest BCUT2D eigenvalue weighted by Gasteiger charge is 2.21. The van der Waals surface area contributed by atoms with E-state index in [0.29, 0.717) is 19.6 Å². The van der Waals surface area contributed by atoms with E-state index in [9.17, 15) is 4.79 Å². The molecule has 0 spiro atoms. The molecule has 2 aromatic rings. The maximum absolute atomic E-state index is 12.6. The lowest BCUT2D eigenvalue weighted by molar-refractivity contribution is 0.0841. The average Bonchev–Trinajstić information content (AvgIpc) is 3.33. The second kappa shape index (κ2) is 9.03. The highest BCUT2D eigenvalue weighted by Crippen LogP contribution is 2.13. The molecule has 0 aliphatic carbocycles. The van der Waals surface area contributed by atoms with E-state index in [1.165, 1.54) is 0 Å². The van der Waals surface area contributed by atoms with Gasteiger partial charge in [-0.25, -0.2) is 9.78 Å². The van der Waals surface area contributed by atoms with Crippen LogP contribution in [-0.2, 0) is 11.3 Å². The number of H-pyrrole nitrogens is 1. The van der Waals surface area contributed by atoms with E-state index in [0.717, 1.165) is 30.8 Å². The molecule has 2 amide bonds. The van der Waals surface area contributed by atoms with Crippen molar-refractivity contribution in [3.05, 3.63) is 60.2 Å². The minimum absolute atomic E-state index is 0.107. The monoisotopic (exact) mass is 340 g/mol. The normalized spacial score (nSPS) is 17.0. The first-order chi connectivity index (χ1) is 12.3. The maximum Gasteiger partial charge on any atom is 0.318 e. The van der Waals surface area contributed by atoms with Crippen molar-refractivity contribution in [3.63, 3.8) is 0 Å². The van der Waals surface area contributed by atoms with E-state index in [1.54, 1.807) is 17.3 Å². The summed E-state index contributed by atoms with van der Waals surface area (Å²) in [7, 11) is 0. The van der Waals surface area contributed by atoms with Gasteiger partial charge in [-0.3, -0.25) is 0 Å². The Kier molecular flexibility index (Phi) is 6.23. The number of nitrogens with one attached hydrogen (secondary N) is 2. The van der Waals surface area contributed by atoms with Crippen LogP contribution in [0.3, 0.4) is 0 Å². The fourth-order valence-electron chi connectivity index (χ4n) is 2.82. The largest absolute Gasteiger partial charge is 0.376 e. The van der Waals surface area contributed by atoms with Crippen LogP contribution in [0.4, 0.5) is 4.79 Å². The van der Waals surface area contributed by atoms with Gasteiger partial charge in [-0.2, -0.15) is 0 Å². The summed E-state index contributed by atoms with van der Waals surface area (Å²) in [6.45, 7) is 2.31. The predicted octanol–water partition coefficient (Wildman–Crippen LogP) is 2.81. The first-order valence-corrected chi connectivity index (χ1v) is 8.65. The number of urea groups is 1. The molecule has 3 rings (SSSR count). The van der Waals surface area contributed by atoms with Crippen LogP contribution in [0.25, 0.3) is 6.08 Å². The number of aromatic nitrogens is 2. The molecular formula is C19H24N4O2. The molecule has 1 atom stereocenters. The Hall–Kier alpha value is -2.60. The molecule has 2 N–H and O–H groups in total. The number of ether oxygens (including phenoxy) is 1. The van der Waals surface area contributed by atoms with Gasteiger partial charge in [0.2, 0.25) is 0 Å². The summed E-state index contributed by atoms with van der Waals surface area (Å²) in [5.74, 6) is 0.741. The van der Waals surface area contributed by atoms with E-state index in [2.05, 4.69) is 15.3 Å². The highest BCUT2D eigenvalue weighted by molar-refractivity contribution is 5.74. The zero-order chi connectivity index (χ0) is 17.3. The van der Waals surface area contributed by atoms with E-state index in [4.69, 9.17) is 4.74 Å². The van der Waals surface area contributed by atoms with Crippen LogP contribution in [0.15, 0.2) is 48.8 Å². The standard InChI is InChI=1S/C19H24N4O2/c24-19(22-14-18-20-10-11-21-18)23(15-17-9-5-13-25-17)12-4-8-16-6-2-1-3-7-16/h1-4,6-8,10-11,17H,5,9,12-15H2,(H,20,21)(H,22,24). The Morgan fingerprint density at radius 3 is 3.00 bits per heavy atom. The number of imidazole rings is 1. The maximum atomic E-state index is 12.6. The van der Waals surface area contributed by atoms with Crippen molar-refractivity contribution in [1.82, 2.24) is 20.2 Å². The lowest BCUT2D eigenvalue weighted by Crippen LogP contribution is -2.43. The SMILES string of the molecule is O=C(NCc1ncc[nH]1)N(CC=Cc1ccccc1)CC1CCCO1. The number of carbonyl (C=O) groups is 1. The van der Waals surface area contributed by atoms with Gasteiger partial charge < -0.3 is 19.9 Å². The summed E-state index contributed by atoms with van der Waals surface area (Å²) in [5, 5.41) is 2.91. The van der Waals surface area contributed by atoms with Gasteiger partial charge in [-0.05, 0) is 18.4 Å². The van der Waals surface area contributed by atoms with Gasteiger partial charge in [0.15, 0.2) is 0 Å². The Balaban J connectivity index is 1.57. The van der Waals surface area contributed by atoms with Crippen LogP contribution >= 0.6 is 0 Å². The lowest BCUT2D eigenvalue weighted by atomic mass is 10.2. The smallest absolute Gasteiger partial charge is 0.318 e. The molecule has 2 heterocycles. The number of rotatable bonds is 7. The summed E-state index contributed by atoms with van der Waals surface area (Å²) in [4.78, 5) is 21.5. The number of aromatic amines is 1. The lowest BCUT2D eigenvalue weighted by Gasteiger charge is -2.24. The van der Waals surface area contributed by atoms with Gasteiger partial charge in [-0.15, -0.1) is 0 Å². The van der Waals surface area contributed by atoms with Crippen LogP contribution in [0.2, 0.25) is 0 Å². The molecule has 1 aliphatic heterocycles. The molecule has 132 valence electrons. The molecule has 6 nitrogen and oxygen atoms in total. The predicted molar refractivity (Wildman–Crippen MR) is 96.8 cm³/mol. The molecule has 25 heavy (non-hydrogen) atoms. The second-order valence-electron chi connectivity index (χ2n) is 6.05. The summed E-state index contributed by atoms with van der Waals surface area (Å²) in [6, 6.07) is 9.96. The van der Waals surface area contributed by atoms with Crippen molar-refractivity contribution in [2.45, 2.75) is 25.5 Å². The molecule has 1 aromatic heterocycles. The minimum atomic E-state index is -0.107. The van der Waals surface area contributed by atoms with Gasteiger partial charge in [0, 0.05) is 32.1 Å². The van der Waals surface area contributed by atoms with Crippen molar-refractivity contribution in [1.29, 1.82) is 0 Å². The molecule has 1 unspecified atom stereocenters. The fourth-order valence-corrected chi connectivity index (χ4v) is 2.82. The van der Waals surface area contributed by atoms with Crippen molar-refractivity contribution in [3.8, 4) is 0 Å². The summed E-state index contributed by atoms with van der Waals surface area (Å²) in [6.07, 6.45) is 9.65. The molecule has 1 aliphatic rings. The Morgan fingerprint density at radius 1 is 1.40 bits per heavy atom. The molecule has 1 saturated heterocycles. The van der Waals surface area contributed by atoms with Crippen LogP contribution in [0.5, 0.6) is 0 Å². The molecular weight excluding hydrogens is 316 g/mol. The molecule has 0 saturated carbocycles. The first kappa shape index (κ1) is 17.2. The van der Waals surface area contributed by atoms with Crippen LogP contribution in [0.1, 0.15) is 24.2 Å². The van der Waals surface area contributed by atoms with Crippen molar-refractivity contribution in [2.24, 2.45) is 0 Å². The van der Waals surface area contributed by atoms with E-state index in [1.807, 2.05) is 42.5 Å². The third kappa shape index (κ3) is 5.46. The Morgan fingerprint density at radius 2 is 2.28 bits per heavy atom. The third-order valence-corrected chi connectivity index (χ3v) is 4.13. The summed E-state index contributed by atoms with van der Waals surface area (Å²) in [5.41, 5.74) is 1.12. The number of hydrogen-bond acceptors (Lipinski definition) is 3. The average molecular weight is 340 g/mol. The van der Waals surface area contributed by atoms with Gasteiger partial charge in [-0.1, -0.05) is 42.5 Å². The summed E-state index contributed by atoms with van der Waals surface area (Å²) >= 11 is 0. The zero-order valence-corrected chi connectivity index (χ0v) is 14.2. The Labute approximate surface area is 147 Å². The van der Waals surface area contributed by atoms with Gasteiger partial charge in [0.1, 0.15) is 5.82 Å². The van der Waals surface area contributed by atoms with Gasteiger partial charge >= 0.3 is 6.03 Å². The van der Waals surface area contributed by atoms with Crippen molar-refractivity contribution < 1.29 is 9.53 Å². The van der Waals surface area contributed by atoms with Gasteiger partial charge in [0.05, 0.1) is 12.6 Å². The topological polar surface area (TPSA) is 70.2 Å². The van der Waals surface area contributed by atoms with E-state index in [-0.39, 0.29) is 12.1 Å². The Bertz CT molecular complexity index is 664. The second-order valence-corrected chi connectivity index (χ2v) is 6.05. The van der Waals surface area contributed by atoms with Gasteiger partial charge in [0.25, 0.3) is 0 Å². The highest BCUT2D eigenvalue weighted by atomic mass is 16.5. The number of benzene rings is 1. The number of nitrogens with zero attached hydrogens (tertiary/aromatic N) is 2. The minimum Gasteiger partial charge on any atom is -0.376 e. The van der Waals surface area contributed by atoms with Crippen LogP contribution in [-0.4, -0.2) is 46.7 Å². The molecule has 6 heteroatoms. The number of carbonyl (C=O) groups excluding carboxylic acids is 1. The molecule has 1 fully saturated rings. The van der Waals surface area contributed by atoms with Crippen LogP contribution in [0, 0.1) is 0 Å². The quantitative estimate of drug-likeness (QED) is 0.814. The zero-order valence-electron chi connectivity index (χ0n) is 14.2.